The molecule has 0 aromatic heterocycles. The van der Waals surface area contributed by atoms with E-state index in [1.807, 2.05) is 19.1 Å². The molecule has 2 amide bonds. The number of ether oxygens (including phenoxy) is 2. The number of benzene rings is 3. The van der Waals surface area contributed by atoms with Gasteiger partial charge in [-0.25, -0.2) is 10.2 Å². The predicted octanol–water partition coefficient (Wildman–Crippen LogP) is 4.07. The number of rotatable bonds is 6. The summed E-state index contributed by atoms with van der Waals surface area (Å²) < 4.78 is 11.2. The Balaban J connectivity index is 1.64. The third-order valence-electron chi connectivity index (χ3n) is 4.39. The SMILES string of the molecule is COc1ccc(NC(=O)C(=O)N/N=C\c2cc(Br)ccc2OC(=O)c2ccc(C)cc2)cc1. The highest BCUT2D eigenvalue weighted by Crippen LogP contribution is 2.23. The van der Waals surface area contributed by atoms with Gasteiger partial charge in [-0.2, -0.15) is 5.10 Å². The van der Waals surface area contributed by atoms with Gasteiger partial charge in [0.2, 0.25) is 0 Å². The highest BCUT2D eigenvalue weighted by molar-refractivity contribution is 9.10. The van der Waals surface area contributed by atoms with E-state index in [1.54, 1.807) is 54.6 Å². The zero-order valence-corrected chi connectivity index (χ0v) is 19.4. The molecule has 2 N–H and O–H groups in total. The maximum Gasteiger partial charge on any atom is 0.343 e. The van der Waals surface area contributed by atoms with Crippen LogP contribution >= 0.6 is 15.9 Å². The molecule has 0 atom stereocenters. The van der Waals surface area contributed by atoms with Gasteiger partial charge in [0, 0.05) is 15.7 Å². The molecule has 0 heterocycles. The van der Waals surface area contributed by atoms with Crippen molar-refractivity contribution in [2.75, 3.05) is 12.4 Å². The summed E-state index contributed by atoms with van der Waals surface area (Å²) >= 11 is 3.34. The quantitative estimate of drug-likeness (QED) is 0.171. The van der Waals surface area contributed by atoms with Gasteiger partial charge >= 0.3 is 17.8 Å². The van der Waals surface area contributed by atoms with Crippen molar-refractivity contribution >= 4 is 45.6 Å². The Kier molecular flexibility index (Phi) is 7.93. The smallest absolute Gasteiger partial charge is 0.343 e. The molecule has 3 aromatic carbocycles. The van der Waals surface area contributed by atoms with Crippen LogP contribution in [-0.4, -0.2) is 31.1 Å². The Morgan fingerprint density at radius 1 is 0.939 bits per heavy atom. The number of carbonyl (C=O) groups excluding carboxylic acids is 3. The molecular formula is C24H20BrN3O5. The largest absolute Gasteiger partial charge is 0.497 e. The van der Waals surface area contributed by atoms with Crippen LogP contribution in [0.25, 0.3) is 0 Å². The van der Waals surface area contributed by atoms with Crippen molar-refractivity contribution in [3.8, 4) is 11.5 Å². The molecule has 0 bridgehead atoms. The molecule has 168 valence electrons. The first kappa shape index (κ1) is 23.7. The Morgan fingerprint density at radius 3 is 2.30 bits per heavy atom. The lowest BCUT2D eigenvalue weighted by Crippen LogP contribution is -2.32. The number of hydrogen-bond donors (Lipinski definition) is 2. The van der Waals surface area contributed by atoms with Gasteiger partial charge in [0.05, 0.1) is 18.9 Å². The summed E-state index contributed by atoms with van der Waals surface area (Å²) in [7, 11) is 1.53. The molecule has 3 rings (SSSR count). The number of hydrazone groups is 1. The van der Waals surface area contributed by atoms with Gasteiger partial charge in [-0.15, -0.1) is 0 Å². The number of nitrogens with one attached hydrogen (secondary N) is 2. The molecule has 0 spiro atoms. The summed E-state index contributed by atoms with van der Waals surface area (Å²) in [5.74, 6) is -1.53. The number of amides is 2. The van der Waals surface area contributed by atoms with Crippen LogP contribution in [0.3, 0.4) is 0 Å². The number of anilines is 1. The Labute approximate surface area is 198 Å². The fourth-order valence-corrected chi connectivity index (χ4v) is 3.01. The van der Waals surface area contributed by atoms with E-state index in [1.165, 1.54) is 13.3 Å². The van der Waals surface area contributed by atoms with Gasteiger partial charge in [0.15, 0.2) is 0 Å². The summed E-state index contributed by atoms with van der Waals surface area (Å²) in [5, 5.41) is 6.26. The van der Waals surface area contributed by atoms with Crippen LogP contribution in [0.5, 0.6) is 11.5 Å². The van der Waals surface area contributed by atoms with Crippen LogP contribution in [0.15, 0.2) is 76.3 Å². The zero-order valence-electron chi connectivity index (χ0n) is 17.8. The van der Waals surface area contributed by atoms with Crippen LogP contribution in [0.4, 0.5) is 5.69 Å². The number of methoxy groups -OCH3 is 1. The van der Waals surface area contributed by atoms with Gasteiger partial charge in [-0.3, -0.25) is 9.59 Å². The van der Waals surface area contributed by atoms with Gasteiger partial charge in [-0.1, -0.05) is 33.6 Å². The summed E-state index contributed by atoms with van der Waals surface area (Å²) in [6, 6.07) is 18.4. The number of halogens is 1. The van der Waals surface area contributed by atoms with E-state index in [4.69, 9.17) is 9.47 Å². The number of hydrogen-bond acceptors (Lipinski definition) is 6. The summed E-state index contributed by atoms with van der Waals surface area (Å²) in [6.07, 6.45) is 1.28. The van der Waals surface area contributed by atoms with Gasteiger partial charge in [0.25, 0.3) is 0 Å². The van der Waals surface area contributed by atoms with Crippen molar-refractivity contribution in [1.29, 1.82) is 0 Å². The normalized spacial score (nSPS) is 10.5. The molecule has 0 aliphatic heterocycles. The van der Waals surface area contributed by atoms with Crippen molar-refractivity contribution < 1.29 is 23.9 Å². The van der Waals surface area contributed by atoms with E-state index in [0.29, 0.717) is 27.0 Å². The molecule has 0 unspecified atom stereocenters. The van der Waals surface area contributed by atoms with Crippen LogP contribution in [0, 0.1) is 6.92 Å². The molecule has 0 aliphatic carbocycles. The second kappa shape index (κ2) is 11.1. The van der Waals surface area contributed by atoms with Crippen molar-refractivity contribution in [2.45, 2.75) is 6.92 Å². The Bertz CT molecular complexity index is 1190. The minimum atomic E-state index is -0.963. The summed E-state index contributed by atoms with van der Waals surface area (Å²) in [5.41, 5.74) is 4.42. The highest BCUT2D eigenvalue weighted by Gasteiger charge is 2.14. The molecule has 0 aliphatic rings. The summed E-state index contributed by atoms with van der Waals surface area (Å²) in [4.78, 5) is 36.5. The molecule has 33 heavy (non-hydrogen) atoms. The third-order valence-corrected chi connectivity index (χ3v) is 4.88. The average Bonchev–Trinajstić information content (AvgIpc) is 2.81. The van der Waals surface area contributed by atoms with Gasteiger partial charge in [-0.05, 0) is 61.5 Å². The van der Waals surface area contributed by atoms with E-state index in [2.05, 4.69) is 31.8 Å². The molecule has 9 heteroatoms. The fourth-order valence-electron chi connectivity index (χ4n) is 2.64. The second-order valence-electron chi connectivity index (χ2n) is 6.82. The molecule has 8 nitrogen and oxygen atoms in total. The van der Waals surface area contributed by atoms with E-state index < -0.39 is 17.8 Å². The lowest BCUT2D eigenvalue weighted by Gasteiger charge is -2.08. The number of carbonyl (C=O) groups is 3. The minimum Gasteiger partial charge on any atom is -0.497 e. The molecule has 0 saturated heterocycles. The van der Waals surface area contributed by atoms with E-state index in [-0.39, 0.29) is 5.75 Å². The maximum atomic E-state index is 12.4. The maximum absolute atomic E-state index is 12.4. The first-order chi connectivity index (χ1) is 15.9. The van der Waals surface area contributed by atoms with E-state index in [9.17, 15) is 14.4 Å². The number of esters is 1. The van der Waals surface area contributed by atoms with Crippen molar-refractivity contribution in [2.24, 2.45) is 5.10 Å². The van der Waals surface area contributed by atoms with Crippen LogP contribution in [-0.2, 0) is 9.59 Å². The van der Waals surface area contributed by atoms with Crippen LogP contribution < -0.4 is 20.2 Å². The number of aryl methyl sites for hydroxylation is 1. The summed E-state index contributed by atoms with van der Waals surface area (Å²) in [6.45, 7) is 1.92. The lowest BCUT2D eigenvalue weighted by atomic mass is 10.1. The minimum absolute atomic E-state index is 0.240. The Morgan fingerprint density at radius 2 is 1.64 bits per heavy atom. The molecule has 3 aromatic rings. The van der Waals surface area contributed by atoms with Gasteiger partial charge in [0.1, 0.15) is 11.5 Å². The van der Waals surface area contributed by atoms with Crippen LogP contribution in [0.2, 0.25) is 0 Å². The third kappa shape index (κ3) is 6.75. The lowest BCUT2D eigenvalue weighted by molar-refractivity contribution is -0.136. The topological polar surface area (TPSA) is 106 Å². The number of nitrogens with zero attached hydrogens (tertiary/aromatic N) is 1. The van der Waals surface area contributed by atoms with Gasteiger partial charge < -0.3 is 14.8 Å². The predicted molar refractivity (Wildman–Crippen MR) is 128 cm³/mol. The molecule has 0 radical (unpaired) electrons. The van der Waals surface area contributed by atoms with Crippen molar-refractivity contribution in [3.05, 3.63) is 87.9 Å². The Hall–Kier alpha value is -3.98. The monoisotopic (exact) mass is 509 g/mol. The first-order valence-electron chi connectivity index (χ1n) is 9.72. The average molecular weight is 510 g/mol. The van der Waals surface area contributed by atoms with Crippen LogP contribution in [0.1, 0.15) is 21.5 Å². The van der Waals surface area contributed by atoms with E-state index in [0.717, 1.165) is 5.56 Å². The molecule has 0 saturated carbocycles. The fraction of sp³-hybridized carbons (Fsp3) is 0.0833. The standard InChI is InChI=1S/C24H20BrN3O5/c1-15-3-5-16(6-4-15)24(31)33-21-12-7-18(25)13-17(21)14-26-28-23(30)22(29)27-19-8-10-20(32-2)11-9-19/h3-14H,1-2H3,(H,27,29)(H,28,30)/b26-14-. The molecule has 0 fully saturated rings. The van der Waals surface area contributed by atoms with Crippen molar-refractivity contribution in [1.82, 2.24) is 5.43 Å². The zero-order chi connectivity index (χ0) is 23.8. The van der Waals surface area contributed by atoms with Crippen molar-refractivity contribution in [3.63, 3.8) is 0 Å². The van der Waals surface area contributed by atoms with E-state index >= 15 is 0 Å². The highest BCUT2D eigenvalue weighted by atomic mass is 79.9. The second-order valence-corrected chi connectivity index (χ2v) is 7.74. The first-order valence-corrected chi connectivity index (χ1v) is 10.5. The molecular weight excluding hydrogens is 490 g/mol.